The van der Waals surface area contributed by atoms with Gasteiger partial charge in [-0.15, -0.1) is 0 Å². The van der Waals surface area contributed by atoms with Crippen LogP contribution in [0.25, 0.3) is 0 Å². The average Bonchev–Trinajstić information content (AvgIpc) is 2.93. The monoisotopic (exact) mass is 327 g/mol. The number of benzene rings is 1. The number of hydrogen-bond acceptors (Lipinski definition) is 2. The highest BCUT2D eigenvalue weighted by Gasteiger charge is 2.15. The normalized spacial score (nSPS) is 13.2. The lowest BCUT2D eigenvalue weighted by Gasteiger charge is -2.18. The zero-order valence-corrected chi connectivity index (χ0v) is 14.5. The van der Waals surface area contributed by atoms with Crippen LogP contribution >= 0.6 is 23.2 Å². The second-order valence-corrected chi connectivity index (χ2v) is 7.81. The van der Waals surface area contributed by atoms with Gasteiger partial charge in [0.2, 0.25) is 0 Å². The summed E-state index contributed by atoms with van der Waals surface area (Å²) in [6, 6.07) is 5.87. The molecular weight excluding hydrogens is 309 g/mol. The molecule has 0 radical (unpaired) electrons. The molecule has 2 aromatic rings. The van der Waals surface area contributed by atoms with Crippen molar-refractivity contribution in [2.24, 2.45) is 0 Å². The summed E-state index contributed by atoms with van der Waals surface area (Å²) in [5, 5.41) is 5.68. The molecule has 0 bridgehead atoms. The molecule has 6 heteroatoms. The van der Waals surface area contributed by atoms with Crippen molar-refractivity contribution in [1.82, 2.24) is 14.8 Å². The fourth-order valence-corrected chi connectivity index (χ4v) is 5.12. The van der Waals surface area contributed by atoms with Crippen LogP contribution in [0.5, 0.6) is 0 Å². The van der Waals surface area contributed by atoms with E-state index in [1.165, 1.54) is 24.8 Å². The van der Waals surface area contributed by atoms with E-state index in [-0.39, 0.29) is 9.52 Å². The van der Waals surface area contributed by atoms with Gasteiger partial charge >= 0.3 is 0 Å². The second kappa shape index (κ2) is 7.81. The molecule has 20 heavy (non-hydrogen) atoms. The van der Waals surface area contributed by atoms with Gasteiger partial charge < -0.3 is 0 Å². The number of halogens is 2. The minimum Gasteiger partial charge on any atom is -0.257 e. The Morgan fingerprint density at radius 2 is 2.20 bits per heavy atom. The highest BCUT2D eigenvalue weighted by molar-refractivity contribution is 6.39. The Balaban J connectivity index is 2.09. The summed E-state index contributed by atoms with van der Waals surface area (Å²) < 4.78 is 1.93. The maximum atomic E-state index is 6.37. The highest BCUT2D eigenvalue weighted by Crippen LogP contribution is 2.30. The van der Waals surface area contributed by atoms with Gasteiger partial charge in [-0.05, 0) is 29.7 Å². The molecule has 0 fully saturated rings. The van der Waals surface area contributed by atoms with Gasteiger partial charge in [-0.25, -0.2) is 4.98 Å². The van der Waals surface area contributed by atoms with E-state index in [1.54, 1.807) is 12.7 Å². The number of hydrogen-bond donors (Lipinski definition) is 0. The summed E-state index contributed by atoms with van der Waals surface area (Å²) in [7, 11) is -0.363. The predicted octanol–water partition coefficient (Wildman–Crippen LogP) is 3.64. The van der Waals surface area contributed by atoms with Crippen LogP contribution in [0.2, 0.25) is 10.0 Å². The van der Waals surface area contributed by atoms with Crippen LogP contribution in [0.15, 0.2) is 30.9 Å². The van der Waals surface area contributed by atoms with E-state index in [0.717, 1.165) is 11.2 Å². The number of unbranched alkanes of at least 4 members (excludes halogenated alkanes) is 1. The van der Waals surface area contributed by atoms with Gasteiger partial charge in [-0.3, -0.25) is 4.68 Å². The quantitative estimate of drug-likeness (QED) is 0.727. The molecule has 1 unspecified atom stereocenters. The third-order valence-corrected chi connectivity index (χ3v) is 6.31. The molecule has 3 nitrogen and oxygen atoms in total. The molecule has 108 valence electrons. The van der Waals surface area contributed by atoms with Gasteiger partial charge in [0.25, 0.3) is 0 Å². The van der Waals surface area contributed by atoms with Crippen LogP contribution in [0, 0.1) is 0 Å². The lowest BCUT2D eigenvalue weighted by molar-refractivity contribution is 0.674. The zero-order valence-electron chi connectivity index (χ0n) is 11.6. The van der Waals surface area contributed by atoms with Gasteiger partial charge in [0, 0.05) is 16.2 Å². The minimum absolute atomic E-state index is 0.363. The molecule has 1 aromatic heterocycles. The number of nitrogens with zero attached hydrogens (tertiary/aromatic N) is 3. The lowest BCUT2D eigenvalue weighted by Crippen LogP contribution is -2.16. The Bertz CT molecular complexity index is 531. The largest absolute Gasteiger partial charge is 0.257 e. The Morgan fingerprint density at radius 3 is 2.85 bits per heavy atom. The summed E-state index contributed by atoms with van der Waals surface area (Å²) >= 11 is 12.4. The third kappa shape index (κ3) is 4.33. The van der Waals surface area contributed by atoms with Crippen LogP contribution in [0.1, 0.15) is 37.3 Å². The van der Waals surface area contributed by atoms with Crippen molar-refractivity contribution >= 4 is 32.7 Å². The van der Waals surface area contributed by atoms with E-state index < -0.39 is 0 Å². The first-order valence-electron chi connectivity index (χ1n) is 6.98. The summed E-state index contributed by atoms with van der Waals surface area (Å²) in [4.78, 5) is 3.99. The van der Waals surface area contributed by atoms with Gasteiger partial charge in [0.15, 0.2) is 0 Å². The van der Waals surface area contributed by atoms with E-state index in [2.05, 4.69) is 23.1 Å². The van der Waals surface area contributed by atoms with E-state index >= 15 is 0 Å². The van der Waals surface area contributed by atoms with Crippen LogP contribution in [-0.2, 0) is 6.17 Å². The fraction of sp³-hybridized carbons (Fsp3) is 0.429. The first kappa shape index (κ1) is 15.5. The van der Waals surface area contributed by atoms with Crippen LogP contribution in [-0.4, -0.2) is 24.3 Å². The molecule has 0 spiro atoms. The van der Waals surface area contributed by atoms with Crippen molar-refractivity contribution in [1.29, 1.82) is 0 Å². The van der Waals surface area contributed by atoms with E-state index in [9.17, 15) is 0 Å². The molecule has 1 heterocycles. The summed E-state index contributed by atoms with van der Waals surface area (Å²) in [6.07, 6.45) is 8.00. The molecule has 1 aromatic carbocycles. The van der Waals surface area contributed by atoms with Crippen molar-refractivity contribution in [2.45, 2.75) is 37.9 Å². The standard InChI is InChI=1S/C14H19Cl2N3Si/c1-2-3-4-14(20-10-19-9-17-8-18-19)12-6-5-11(15)7-13(12)16/h5-9,14H,2-4,10,20H2,1H3. The van der Waals surface area contributed by atoms with Gasteiger partial charge in [0.1, 0.15) is 12.7 Å². The Kier molecular flexibility index (Phi) is 6.07. The van der Waals surface area contributed by atoms with Crippen molar-refractivity contribution in [3.8, 4) is 0 Å². The molecule has 0 N–H and O–H groups in total. The minimum atomic E-state index is -0.363. The number of aromatic nitrogens is 3. The van der Waals surface area contributed by atoms with Gasteiger partial charge in [-0.1, -0.05) is 49.0 Å². The Labute approximate surface area is 132 Å². The highest BCUT2D eigenvalue weighted by atomic mass is 35.5. The molecule has 0 aliphatic heterocycles. The molecule has 0 saturated heterocycles. The van der Waals surface area contributed by atoms with Crippen LogP contribution in [0.4, 0.5) is 0 Å². The summed E-state index contributed by atoms with van der Waals surface area (Å²) in [6.45, 7) is 2.22. The molecule has 0 aliphatic rings. The van der Waals surface area contributed by atoms with Gasteiger partial charge in [-0.2, -0.15) is 5.10 Å². The van der Waals surface area contributed by atoms with E-state index in [0.29, 0.717) is 10.6 Å². The topological polar surface area (TPSA) is 30.7 Å². The van der Waals surface area contributed by atoms with Crippen LogP contribution < -0.4 is 0 Å². The number of rotatable bonds is 7. The van der Waals surface area contributed by atoms with Crippen molar-refractivity contribution < 1.29 is 0 Å². The van der Waals surface area contributed by atoms with Crippen molar-refractivity contribution in [3.05, 3.63) is 46.5 Å². The second-order valence-electron chi connectivity index (χ2n) is 4.95. The van der Waals surface area contributed by atoms with E-state index in [1.807, 2.05) is 16.8 Å². The molecule has 0 saturated carbocycles. The molecular formula is C14H19Cl2N3Si. The predicted molar refractivity (Wildman–Crippen MR) is 87.3 cm³/mol. The SMILES string of the molecule is CCCCC([SiH2]Cn1cncn1)c1ccc(Cl)cc1Cl. The first-order chi connectivity index (χ1) is 9.70. The van der Waals surface area contributed by atoms with Crippen LogP contribution in [0.3, 0.4) is 0 Å². The first-order valence-corrected chi connectivity index (χ1v) is 9.55. The van der Waals surface area contributed by atoms with Crippen molar-refractivity contribution in [2.75, 3.05) is 0 Å². The van der Waals surface area contributed by atoms with Crippen molar-refractivity contribution in [3.63, 3.8) is 0 Å². The fourth-order valence-electron chi connectivity index (χ4n) is 2.37. The molecule has 1 atom stereocenters. The van der Waals surface area contributed by atoms with Gasteiger partial charge in [0.05, 0.1) is 9.52 Å². The maximum absolute atomic E-state index is 6.37. The Morgan fingerprint density at radius 1 is 1.35 bits per heavy atom. The smallest absolute Gasteiger partial charge is 0.137 e. The third-order valence-electron chi connectivity index (χ3n) is 3.48. The maximum Gasteiger partial charge on any atom is 0.137 e. The zero-order chi connectivity index (χ0) is 14.4. The molecule has 2 rings (SSSR count). The Hall–Kier alpha value is -0.843. The average molecular weight is 328 g/mol. The molecule has 0 aliphatic carbocycles. The lowest BCUT2D eigenvalue weighted by atomic mass is 10.1. The summed E-state index contributed by atoms with van der Waals surface area (Å²) in [5.74, 6) is 0. The summed E-state index contributed by atoms with van der Waals surface area (Å²) in [5.41, 5.74) is 1.82. The molecule has 0 amide bonds. The van der Waals surface area contributed by atoms with E-state index in [4.69, 9.17) is 23.2 Å².